The fraction of sp³-hybridized carbons (Fsp3) is 0.286. The van der Waals surface area contributed by atoms with Crippen molar-refractivity contribution in [1.29, 1.82) is 0 Å². The fourth-order valence-corrected chi connectivity index (χ4v) is 2.08. The molecular weight excluding hydrogens is 246 g/mol. The summed E-state index contributed by atoms with van der Waals surface area (Å²) < 4.78 is 0. The molecule has 3 nitrogen and oxygen atoms in total. The van der Waals surface area contributed by atoms with E-state index in [0.717, 1.165) is 27.8 Å². The van der Waals surface area contributed by atoms with Gasteiger partial charge in [0, 0.05) is 11.2 Å². The van der Waals surface area contributed by atoms with Crippen molar-refractivity contribution in [2.24, 2.45) is 0 Å². The first kappa shape index (κ1) is 12.8. The lowest BCUT2D eigenvalue weighted by Crippen LogP contribution is -2.10. The normalized spacial score (nSPS) is 12.2. The molecule has 94 valence electrons. The second-order valence-electron chi connectivity index (χ2n) is 4.33. The molecule has 0 amide bonds. The van der Waals surface area contributed by atoms with Crippen LogP contribution in [0.3, 0.4) is 0 Å². The zero-order chi connectivity index (χ0) is 13.1. The van der Waals surface area contributed by atoms with Crippen LogP contribution in [0.4, 0.5) is 5.82 Å². The van der Waals surface area contributed by atoms with Crippen LogP contribution in [0, 0.1) is 13.8 Å². The molecule has 18 heavy (non-hydrogen) atoms. The van der Waals surface area contributed by atoms with Gasteiger partial charge in [-0.15, -0.1) is 0 Å². The van der Waals surface area contributed by atoms with Crippen LogP contribution >= 0.6 is 11.6 Å². The smallest absolute Gasteiger partial charge is 0.148 e. The topological polar surface area (TPSA) is 37.8 Å². The minimum Gasteiger partial charge on any atom is -0.362 e. The van der Waals surface area contributed by atoms with E-state index in [9.17, 15) is 0 Å². The third-order valence-electron chi connectivity index (χ3n) is 2.80. The van der Waals surface area contributed by atoms with E-state index in [2.05, 4.69) is 22.2 Å². The molecule has 1 unspecified atom stereocenters. The minimum absolute atomic E-state index is 0.0912. The molecule has 1 heterocycles. The van der Waals surface area contributed by atoms with Gasteiger partial charge in [-0.05, 0) is 32.4 Å². The standard InChI is InChI=1S/C14H16ClN3/c1-9-8-16-11(3)14(17-9)18-10(2)12-6-4-5-7-13(12)15/h4-8,10H,1-3H3,(H,17,18). The lowest BCUT2D eigenvalue weighted by Gasteiger charge is -2.17. The molecule has 0 aliphatic carbocycles. The molecule has 0 fully saturated rings. The van der Waals surface area contributed by atoms with Gasteiger partial charge in [-0.25, -0.2) is 4.98 Å². The SMILES string of the molecule is Cc1cnc(C)c(NC(C)c2ccccc2Cl)n1. The van der Waals surface area contributed by atoms with Crippen molar-refractivity contribution in [3.63, 3.8) is 0 Å². The third kappa shape index (κ3) is 2.79. The summed E-state index contributed by atoms with van der Waals surface area (Å²) >= 11 is 6.18. The zero-order valence-corrected chi connectivity index (χ0v) is 11.5. The van der Waals surface area contributed by atoms with E-state index in [1.54, 1.807) is 6.20 Å². The molecular formula is C14H16ClN3. The number of aromatic nitrogens is 2. The first-order valence-electron chi connectivity index (χ1n) is 5.89. The number of aryl methyl sites for hydroxylation is 2. The number of rotatable bonds is 3. The van der Waals surface area contributed by atoms with Crippen molar-refractivity contribution in [2.75, 3.05) is 5.32 Å². The van der Waals surface area contributed by atoms with Gasteiger partial charge < -0.3 is 5.32 Å². The van der Waals surface area contributed by atoms with Crippen molar-refractivity contribution in [3.05, 3.63) is 52.4 Å². The van der Waals surface area contributed by atoms with Gasteiger partial charge in [0.1, 0.15) is 5.82 Å². The van der Waals surface area contributed by atoms with Crippen LogP contribution in [0.25, 0.3) is 0 Å². The van der Waals surface area contributed by atoms with Crippen LogP contribution in [-0.2, 0) is 0 Å². The maximum absolute atomic E-state index is 6.18. The van der Waals surface area contributed by atoms with Crippen LogP contribution in [0.2, 0.25) is 5.02 Å². The Labute approximate surface area is 112 Å². The molecule has 1 aromatic heterocycles. The lowest BCUT2D eigenvalue weighted by atomic mass is 10.1. The van der Waals surface area contributed by atoms with Crippen molar-refractivity contribution >= 4 is 17.4 Å². The van der Waals surface area contributed by atoms with E-state index in [0.29, 0.717) is 0 Å². The lowest BCUT2D eigenvalue weighted by molar-refractivity contribution is 0.862. The van der Waals surface area contributed by atoms with Gasteiger partial charge in [-0.3, -0.25) is 4.98 Å². The van der Waals surface area contributed by atoms with E-state index >= 15 is 0 Å². The van der Waals surface area contributed by atoms with Gasteiger partial charge in [0.2, 0.25) is 0 Å². The Hall–Kier alpha value is -1.61. The highest BCUT2D eigenvalue weighted by atomic mass is 35.5. The number of hydrogen-bond donors (Lipinski definition) is 1. The summed E-state index contributed by atoms with van der Waals surface area (Å²) in [7, 11) is 0. The first-order valence-corrected chi connectivity index (χ1v) is 6.27. The van der Waals surface area contributed by atoms with Gasteiger partial charge in [0.25, 0.3) is 0 Å². The zero-order valence-electron chi connectivity index (χ0n) is 10.7. The maximum atomic E-state index is 6.18. The molecule has 4 heteroatoms. The average Bonchev–Trinajstić information content (AvgIpc) is 2.34. The number of halogens is 1. The van der Waals surface area contributed by atoms with Gasteiger partial charge >= 0.3 is 0 Å². The van der Waals surface area contributed by atoms with Gasteiger partial charge in [0.05, 0.1) is 17.4 Å². The molecule has 0 aliphatic rings. The summed E-state index contributed by atoms with van der Waals surface area (Å²) in [6.45, 7) is 5.93. The van der Waals surface area contributed by atoms with Gasteiger partial charge in [-0.2, -0.15) is 0 Å². The van der Waals surface area contributed by atoms with Crippen LogP contribution in [0.15, 0.2) is 30.5 Å². The Bertz CT molecular complexity index is 554. The summed E-state index contributed by atoms with van der Waals surface area (Å²) in [5.41, 5.74) is 2.84. The second kappa shape index (κ2) is 5.36. The molecule has 0 spiro atoms. The highest BCUT2D eigenvalue weighted by Crippen LogP contribution is 2.25. The predicted molar refractivity (Wildman–Crippen MR) is 75.0 cm³/mol. The van der Waals surface area contributed by atoms with E-state index in [1.807, 2.05) is 38.1 Å². The minimum atomic E-state index is 0.0912. The summed E-state index contributed by atoms with van der Waals surface area (Å²) in [6.07, 6.45) is 1.76. The van der Waals surface area contributed by atoms with E-state index in [-0.39, 0.29) is 6.04 Å². The van der Waals surface area contributed by atoms with Crippen molar-refractivity contribution < 1.29 is 0 Å². The monoisotopic (exact) mass is 261 g/mol. The molecule has 0 radical (unpaired) electrons. The summed E-state index contributed by atoms with van der Waals surface area (Å²) in [6, 6.07) is 7.90. The van der Waals surface area contributed by atoms with Crippen LogP contribution in [0.1, 0.15) is 29.9 Å². The predicted octanol–water partition coefficient (Wildman–Crippen LogP) is 3.92. The van der Waals surface area contributed by atoms with Crippen LogP contribution < -0.4 is 5.32 Å². The van der Waals surface area contributed by atoms with Crippen LogP contribution in [-0.4, -0.2) is 9.97 Å². The summed E-state index contributed by atoms with van der Waals surface area (Å²) in [4.78, 5) is 8.74. The number of anilines is 1. The molecule has 2 rings (SSSR count). The van der Waals surface area contributed by atoms with Gasteiger partial charge in [0.15, 0.2) is 0 Å². The van der Waals surface area contributed by atoms with E-state index < -0.39 is 0 Å². The van der Waals surface area contributed by atoms with Crippen molar-refractivity contribution in [2.45, 2.75) is 26.8 Å². The Morgan fingerprint density at radius 2 is 1.94 bits per heavy atom. The number of nitrogens with zero attached hydrogens (tertiary/aromatic N) is 2. The third-order valence-corrected chi connectivity index (χ3v) is 3.15. The van der Waals surface area contributed by atoms with Crippen molar-refractivity contribution in [3.8, 4) is 0 Å². The Kier molecular flexibility index (Phi) is 3.82. The highest BCUT2D eigenvalue weighted by molar-refractivity contribution is 6.31. The van der Waals surface area contributed by atoms with E-state index in [1.165, 1.54) is 0 Å². The molecule has 0 saturated heterocycles. The van der Waals surface area contributed by atoms with E-state index in [4.69, 9.17) is 11.6 Å². The first-order chi connectivity index (χ1) is 8.58. The quantitative estimate of drug-likeness (QED) is 0.910. The Balaban J connectivity index is 2.24. The molecule has 0 saturated carbocycles. The number of benzene rings is 1. The molecule has 1 aromatic carbocycles. The van der Waals surface area contributed by atoms with Crippen LogP contribution in [0.5, 0.6) is 0 Å². The molecule has 0 bridgehead atoms. The fourth-order valence-electron chi connectivity index (χ4n) is 1.78. The average molecular weight is 262 g/mol. The largest absolute Gasteiger partial charge is 0.362 e. The molecule has 1 N–H and O–H groups in total. The van der Waals surface area contributed by atoms with Gasteiger partial charge in [-0.1, -0.05) is 29.8 Å². The van der Waals surface area contributed by atoms with Crippen molar-refractivity contribution in [1.82, 2.24) is 9.97 Å². The summed E-state index contributed by atoms with van der Waals surface area (Å²) in [5.74, 6) is 0.808. The summed E-state index contributed by atoms with van der Waals surface area (Å²) in [5, 5.41) is 4.11. The molecule has 0 aliphatic heterocycles. The maximum Gasteiger partial charge on any atom is 0.148 e. The second-order valence-corrected chi connectivity index (χ2v) is 4.74. The highest BCUT2D eigenvalue weighted by Gasteiger charge is 2.11. The number of hydrogen-bond acceptors (Lipinski definition) is 3. The molecule has 1 atom stereocenters. The Morgan fingerprint density at radius 3 is 2.67 bits per heavy atom. The Morgan fingerprint density at radius 1 is 1.22 bits per heavy atom. The molecule has 2 aromatic rings. The number of nitrogens with one attached hydrogen (secondary N) is 1.